The first-order valence-electron chi connectivity index (χ1n) is 10.6. The highest BCUT2D eigenvalue weighted by Gasteiger charge is 2.74. The molecule has 0 aromatic heterocycles. The number of ether oxygens (including phenoxy) is 1. The second-order valence-electron chi connectivity index (χ2n) is 8.52. The molecule has 34 heavy (non-hydrogen) atoms. The summed E-state index contributed by atoms with van der Waals surface area (Å²) in [6.45, 7) is 0. The molecule has 0 radical (unpaired) electrons. The zero-order valence-electron chi connectivity index (χ0n) is 17.4. The average Bonchev–Trinajstić information content (AvgIpc) is 3.40. The molecule has 0 bridgehead atoms. The predicted octanol–water partition coefficient (Wildman–Crippen LogP) is 4.80. The van der Waals surface area contributed by atoms with Crippen molar-refractivity contribution in [2.75, 3.05) is 4.90 Å². The Morgan fingerprint density at radius 2 is 1.47 bits per heavy atom. The van der Waals surface area contributed by atoms with Crippen LogP contribution in [0, 0.1) is 11.8 Å². The van der Waals surface area contributed by atoms with E-state index < -0.39 is 46.9 Å². The maximum atomic E-state index is 13.8. The van der Waals surface area contributed by atoms with Gasteiger partial charge in [-0.15, -0.1) is 0 Å². The van der Waals surface area contributed by atoms with E-state index in [4.69, 9.17) is 16.3 Å². The van der Waals surface area contributed by atoms with Crippen molar-refractivity contribution in [3.8, 4) is 0 Å². The number of Topliss-reactive ketones (excluding diaryl/α,β-unsaturated/α-hetero) is 2. The fourth-order valence-corrected chi connectivity index (χ4v) is 5.81. The van der Waals surface area contributed by atoms with Gasteiger partial charge >= 0.3 is 0 Å². The number of nitrogens with zero attached hydrogens (tertiary/aromatic N) is 1. The number of hydrogen-bond acceptors (Lipinski definition) is 5. The molecule has 2 aliphatic heterocycles. The Kier molecular flexibility index (Phi) is 4.68. The lowest BCUT2D eigenvalue weighted by Gasteiger charge is -2.27. The normalized spacial score (nSPS) is 24.8. The number of rotatable bonds is 2. The summed E-state index contributed by atoms with van der Waals surface area (Å²) in [7, 11) is 0. The first kappa shape index (κ1) is 21.4. The van der Waals surface area contributed by atoms with Gasteiger partial charge in [-0.05, 0) is 42.0 Å². The number of amides is 2. The van der Waals surface area contributed by atoms with Gasteiger partial charge in [0.25, 0.3) is 0 Å². The van der Waals surface area contributed by atoms with E-state index in [2.05, 4.69) is 15.9 Å². The van der Waals surface area contributed by atoms with E-state index in [9.17, 15) is 19.2 Å². The van der Waals surface area contributed by atoms with Gasteiger partial charge in [-0.25, -0.2) is 4.90 Å². The van der Waals surface area contributed by atoms with Crippen LogP contribution in [0.15, 0.2) is 77.3 Å². The number of carbonyl (C=O) groups is 4. The maximum Gasteiger partial charge on any atom is 0.241 e. The van der Waals surface area contributed by atoms with Gasteiger partial charge in [-0.3, -0.25) is 19.2 Å². The van der Waals surface area contributed by atoms with E-state index in [0.717, 1.165) is 9.37 Å². The monoisotopic (exact) mass is 535 g/mol. The van der Waals surface area contributed by atoms with Gasteiger partial charge in [-0.2, -0.15) is 0 Å². The van der Waals surface area contributed by atoms with E-state index >= 15 is 0 Å². The van der Waals surface area contributed by atoms with Crippen LogP contribution < -0.4 is 4.90 Å². The van der Waals surface area contributed by atoms with Gasteiger partial charge in [0.05, 0.1) is 23.6 Å². The van der Waals surface area contributed by atoms with Crippen LogP contribution in [0.3, 0.4) is 0 Å². The number of carbonyl (C=O) groups excluding carboxylic acids is 4. The number of hydrogen-bond donors (Lipinski definition) is 0. The van der Waals surface area contributed by atoms with Crippen LogP contribution in [0.25, 0.3) is 0 Å². The molecule has 6 rings (SSSR count). The topological polar surface area (TPSA) is 80.8 Å². The first-order chi connectivity index (χ1) is 16.3. The molecule has 3 aromatic carbocycles. The Morgan fingerprint density at radius 3 is 2.09 bits per heavy atom. The average molecular weight is 537 g/mol. The lowest BCUT2D eigenvalue weighted by Crippen LogP contribution is -2.51. The standard InChI is InChI=1S/C26H15BrClNO5/c27-14-8-10-16(11-9-14)29-24(32)19-20(25(29)33)26(34-21(19)13-4-3-5-15(28)12-13)22(30)17-6-1-2-7-18(17)23(26)31/h1-12,19-21H/t19-,20-,21+/m1/s1. The van der Waals surface area contributed by atoms with Crippen LogP contribution in [0.2, 0.25) is 5.02 Å². The third kappa shape index (κ3) is 2.72. The summed E-state index contributed by atoms with van der Waals surface area (Å²) in [6, 6.07) is 19.8. The number of anilines is 1. The number of ketones is 2. The van der Waals surface area contributed by atoms with Crippen LogP contribution in [-0.4, -0.2) is 29.0 Å². The third-order valence-electron chi connectivity index (χ3n) is 6.78. The first-order valence-corrected chi connectivity index (χ1v) is 11.8. The number of fused-ring (bicyclic) bond motifs is 3. The molecule has 168 valence electrons. The molecule has 0 N–H and O–H groups in total. The molecule has 3 aromatic rings. The SMILES string of the molecule is O=C1[C@H]2[C@H](c3cccc(Cl)c3)OC3(C(=O)c4ccccc4C3=O)[C@H]2C(=O)N1c1ccc(Br)cc1. The lowest BCUT2D eigenvalue weighted by atomic mass is 9.77. The Bertz CT molecular complexity index is 1380. The van der Waals surface area contributed by atoms with E-state index in [1.165, 1.54) is 0 Å². The van der Waals surface area contributed by atoms with Gasteiger partial charge in [0.15, 0.2) is 0 Å². The molecule has 2 saturated heterocycles. The minimum absolute atomic E-state index is 0.195. The number of halogens is 2. The van der Waals surface area contributed by atoms with Crippen LogP contribution in [-0.2, 0) is 14.3 Å². The molecule has 3 atom stereocenters. The quantitative estimate of drug-likeness (QED) is 0.347. The van der Waals surface area contributed by atoms with Gasteiger partial charge < -0.3 is 4.74 Å². The van der Waals surface area contributed by atoms with Crippen molar-refractivity contribution >= 4 is 56.6 Å². The summed E-state index contributed by atoms with van der Waals surface area (Å²) in [5.41, 5.74) is -0.823. The fraction of sp³-hybridized carbons (Fsp3) is 0.154. The Labute approximate surface area is 207 Å². The smallest absolute Gasteiger partial charge is 0.241 e. The van der Waals surface area contributed by atoms with Gasteiger partial charge in [0, 0.05) is 20.6 Å². The van der Waals surface area contributed by atoms with Crippen molar-refractivity contribution in [3.05, 3.63) is 99.0 Å². The van der Waals surface area contributed by atoms with Crippen molar-refractivity contribution in [2.24, 2.45) is 11.8 Å². The molecule has 2 fully saturated rings. The fourth-order valence-electron chi connectivity index (χ4n) is 5.35. The number of imide groups is 1. The molecular weight excluding hydrogens is 522 g/mol. The van der Waals surface area contributed by atoms with Gasteiger partial charge in [-0.1, -0.05) is 63.9 Å². The van der Waals surface area contributed by atoms with Crippen LogP contribution in [0.4, 0.5) is 5.69 Å². The summed E-state index contributed by atoms with van der Waals surface area (Å²) in [5.74, 6) is -4.68. The van der Waals surface area contributed by atoms with Gasteiger partial charge in [0.1, 0.15) is 0 Å². The zero-order chi connectivity index (χ0) is 23.8. The van der Waals surface area contributed by atoms with Crippen molar-refractivity contribution in [1.82, 2.24) is 0 Å². The Hall–Kier alpha value is -3.13. The van der Waals surface area contributed by atoms with Crippen molar-refractivity contribution in [3.63, 3.8) is 0 Å². The minimum atomic E-state index is -2.10. The second-order valence-corrected chi connectivity index (χ2v) is 9.88. The van der Waals surface area contributed by atoms with E-state index in [-0.39, 0.29) is 11.1 Å². The third-order valence-corrected chi connectivity index (χ3v) is 7.54. The summed E-state index contributed by atoms with van der Waals surface area (Å²) >= 11 is 9.55. The highest BCUT2D eigenvalue weighted by molar-refractivity contribution is 9.10. The summed E-state index contributed by atoms with van der Waals surface area (Å²) in [4.78, 5) is 56.0. The minimum Gasteiger partial charge on any atom is -0.349 e. The number of benzene rings is 3. The predicted molar refractivity (Wildman–Crippen MR) is 127 cm³/mol. The second kappa shape index (κ2) is 7.43. The maximum absolute atomic E-state index is 13.8. The molecule has 8 heteroatoms. The molecule has 0 saturated carbocycles. The van der Waals surface area contributed by atoms with Crippen LogP contribution in [0.5, 0.6) is 0 Å². The van der Waals surface area contributed by atoms with Crippen molar-refractivity contribution < 1.29 is 23.9 Å². The highest BCUT2D eigenvalue weighted by atomic mass is 79.9. The van der Waals surface area contributed by atoms with Crippen LogP contribution >= 0.6 is 27.5 Å². The zero-order valence-corrected chi connectivity index (χ0v) is 19.7. The molecule has 6 nitrogen and oxygen atoms in total. The van der Waals surface area contributed by atoms with E-state index in [1.54, 1.807) is 72.8 Å². The van der Waals surface area contributed by atoms with Gasteiger partial charge in [0.2, 0.25) is 29.0 Å². The highest BCUT2D eigenvalue weighted by Crippen LogP contribution is 2.57. The summed E-state index contributed by atoms with van der Waals surface area (Å²) < 4.78 is 7.02. The van der Waals surface area contributed by atoms with Crippen LogP contribution in [0.1, 0.15) is 32.4 Å². The molecule has 0 unspecified atom stereocenters. The van der Waals surface area contributed by atoms with Crippen molar-refractivity contribution in [1.29, 1.82) is 0 Å². The lowest BCUT2D eigenvalue weighted by molar-refractivity contribution is -0.127. The van der Waals surface area contributed by atoms with Crippen molar-refractivity contribution in [2.45, 2.75) is 11.7 Å². The molecule has 1 aliphatic carbocycles. The Morgan fingerprint density at radius 1 is 0.824 bits per heavy atom. The molecule has 2 amide bonds. The molecular formula is C26H15BrClNO5. The summed E-state index contributed by atoms with van der Waals surface area (Å²) in [6.07, 6.45) is -0.997. The summed E-state index contributed by atoms with van der Waals surface area (Å²) in [5, 5.41) is 0.410. The molecule has 2 heterocycles. The molecule has 1 spiro atoms. The van der Waals surface area contributed by atoms with E-state index in [1.807, 2.05) is 0 Å². The molecule has 3 aliphatic rings. The van der Waals surface area contributed by atoms with E-state index in [0.29, 0.717) is 16.3 Å². The largest absolute Gasteiger partial charge is 0.349 e. The Balaban J connectivity index is 1.55.